The fourth-order valence-corrected chi connectivity index (χ4v) is 3.78. The van der Waals surface area contributed by atoms with E-state index in [9.17, 15) is 14.9 Å². The van der Waals surface area contributed by atoms with Crippen LogP contribution in [0.4, 0.5) is 11.4 Å². The number of ether oxygens (including phenoxy) is 1. The topological polar surface area (TPSA) is 97.9 Å². The van der Waals surface area contributed by atoms with Crippen LogP contribution in [-0.2, 0) is 9.53 Å². The van der Waals surface area contributed by atoms with Crippen molar-refractivity contribution in [1.29, 1.82) is 0 Å². The summed E-state index contributed by atoms with van der Waals surface area (Å²) < 4.78 is 5.49. The highest BCUT2D eigenvalue weighted by atomic mass is 16.6. The van der Waals surface area contributed by atoms with Gasteiger partial charge in [-0.15, -0.1) is 0 Å². The number of amides is 1. The molecule has 0 bridgehead atoms. The van der Waals surface area contributed by atoms with Crippen molar-refractivity contribution >= 4 is 17.3 Å². The third kappa shape index (κ3) is 5.75. The zero-order valence-corrected chi connectivity index (χ0v) is 16.5. The summed E-state index contributed by atoms with van der Waals surface area (Å²) in [5, 5.41) is 16.9. The first-order valence-corrected chi connectivity index (χ1v) is 9.79. The molecule has 0 spiro atoms. The van der Waals surface area contributed by atoms with Crippen LogP contribution in [0, 0.1) is 10.1 Å². The average Bonchev–Trinajstić information content (AvgIpc) is 2.74. The van der Waals surface area contributed by atoms with Crippen molar-refractivity contribution < 1.29 is 19.4 Å². The number of quaternary nitrogens is 1. The molecule has 0 aromatic heterocycles. The summed E-state index contributed by atoms with van der Waals surface area (Å²) in [7, 11) is 0. The van der Waals surface area contributed by atoms with Gasteiger partial charge in [0.25, 0.3) is 5.69 Å². The van der Waals surface area contributed by atoms with E-state index in [-0.39, 0.29) is 30.2 Å². The number of benzene rings is 2. The maximum absolute atomic E-state index is 12.5. The third-order valence-electron chi connectivity index (χ3n) is 5.13. The van der Waals surface area contributed by atoms with E-state index in [2.05, 4.69) is 22.8 Å². The van der Waals surface area contributed by atoms with Crippen molar-refractivity contribution in [2.45, 2.75) is 19.0 Å². The summed E-state index contributed by atoms with van der Waals surface area (Å²) in [6.45, 7) is 5.29. The Morgan fingerprint density at radius 3 is 2.59 bits per heavy atom. The highest BCUT2D eigenvalue weighted by Crippen LogP contribution is 2.17. The first kappa shape index (κ1) is 20.8. The molecule has 29 heavy (non-hydrogen) atoms. The Labute approximate surface area is 170 Å². The Bertz CT molecular complexity index is 824. The summed E-state index contributed by atoms with van der Waals surface area (Å²) in [6.07, 6.45) is 0. The molecule has 8 nitrogen and oxygen atoms in total. The lowest BCUT2D eigenvalue weighted by Crippen LogP contribution is -3.15. The molecule has 1 aliphatic heterocycles. The van der Waals surface area contributed by atoms with E-state index in [1.807, 2.05) is 25.1 Å². The Morgan fingerprint density at radius 1 is 1.17 bits per heavy atom. The number of nitrogens with one attached hydrogen (secondary N) is 3. The average molecular weight is 399 g/mol. The van der Waals surface area contributed by atoms with Gasteiger partial charge in [0.2, 0.25) is 5.91 Å². The third-order valence-corrected chi connectivity index (χ3v) is 5.13. The molecule has 1 amide bonds. The van der Waals surface area contributed by atoms with E-state index in [0.29, 0.717) is 18.9 Å². The molecule has 0 saturated carbocycles. The van der Waals surface area contributed by atoms with Crippen LogP contribution in [0.25, 0.3) is 0 Å². The molecule has 3 N–H and O–H groups in total. The molecule has 1 saturated heterocycles. The summed E-state index contributed by atoms with van der Waals surface area (Å²) in [6, 6.07) is 16.4. The number of rotatable bonds is 8. The van der Waals surface area contributed by atoms with Crippen molar-refractivity contribution in [3.63, 3.8) is 0 Å². The summed E-state index contributed by atoms with van der Waals surface area (Å²) >= 11 is 0. The van der Waals surface area contributed by atoms with Gasteiger partial charge in [-0.05, 0) is 13.0 Å². The molecule has 1 aliphatic rings. The Balaban J connectivity index is 1.62. The molecule has 8 heteroatoms. The minimum atomic E-state index is -0.455. The van der Waals surface area contributed by atoms with Gasteiger partial charge in [-0.1, -0.05) is 36.4 Å². The van der Waals surface area contributed by atoms with Gasteiger partial charge >= 0.3 is 0 Å². The van der Waals surface area contributed by atoms with Crippen LogP contribution >= 0.6 is 0 Å². The molecule has 0 aliphatic carbocycles. The van der Waals surface area contributed by atoms with Crippen molar-refractivity contribution in [2.24, 2.45) is 0 Å². The standard InChI is InChI=1S/C21H26N4O4/c1-16(21(17-6-3-2-4-7-17)24-10-12-29-13-11-24)23-20(26)15-22-18-8-5-9-19(14-18)25(27)28/h2-9,14,16,21-22H,10-13,15H2,1H3,(H,23,26)/p+1/t16-,21+/m0/s1. The predicted molar refractivity (Wildman–Crippen MR) is 110 cm³/mol. The van der Waals surface area contributed by atoms with Gasteiger partial charge in [0.1, 0.15) is 19.1 Å². The number of nitro benzene ring substituents is 1. The van der Waals surface area contributed by atoms with Crippen molar-refractivity contribution in [3.05, 3.63) is 70.3 Å². The maximum atomic E-state index is 12.5. The number of nitro groups is 1. The normalized spacial score (nSPS) is 16.6. The Hall–Kier alpha value is -2.97. The monoisotopic (exact) mass is 399 g/mol. The molecule has 1 fully saturated rings. The second-order valence-corrected chi connectivity index (χ2v) is 7.18. The molecule has 0 radical (unpaired) electrons. The molecular formula is C21H27N4O4+. The summed E-state index contributed by atoms with van der Waals surface area (Å²) in [5.41, 5.74) is 1.72. The van der Waals surface area contributed by atoms with E-state index in [1.165, 1.54) is 22.6 Å². The van der Waals surface area contributed by atoms with Gasteiger partial charge in [0, 0.05) is 23.4 Å². The van der Waals surface area contributed by atoms with Gasteiger partial charge in [0.15, 0.2) is 0 Å². The van der Waals surface area contributed by atoms with E-state index >= 15 is 0 Å². The van der Waals surface area contributed by atoms with Gasteiger partial charge in [0.05, 0.1) is 30.7 Å². The van der Waals surface area contributed by atoms with Crippen LogP contribution in [0.1, 0.15) is 18.5 Å². The van der Waals surface area contributed by atoms with Crippen LogP contribution < -0.4 is 15.5 Å². The van der Waals surface area contributed by atoms with Gasteiger partial charge in [-0.3, -0.25) is 14.9 Å². The number of anilines is 1. The number of morpholine rings is 1. The molecule has 1 heterocycles. The lowest BCUT2D eigenvalue weighted by Gasteiger charge is -2.35. The number of hydrogen-bond acceptors (Lipinski definition) is 5. The van der Waals surface area contributed by atoms with E-state index in [4.69, 9.17) is 4.74 Å². The maximum Gasteiger partial charge on any atom is 0.271 e. The second kappa shape index (κ2) is 9.99. The van der Waals surface area contributed by atoms with Crippen molar-refractivity contribution in [2.75, 3.05) is 38.2 Å². The molecular weight excluding hydrogens is 372 g/mol. The van der Waals surface area contributed by atoms with Gasteiger partial charge < -0.3 is 20.3 Å². The second-order valence-electron chi connectivity index (χ2n) is 7.18. The van der Waals surface area contributed by atoms with Gasteiger partial charge in [-0.2, -0.15) is 0 Å². The first-order valence-electron chi connectivity index (χ1n) is 9.79. The zero-order chi connectivity index (χ0) is 20.6. The predicted octanol–water partition coefficient (Wildman–Crippen LogP) is 1.17. The smallest absolute Gasteiger partial charge is 0.271 e. The number of hydrogen-bond donors (Lipinski definition) is 3. The van der Waals surface area contributed by atoms with Crippen LogP contribution in [0.5, 0.6) is 0 Å². The lowest BCUT2D eigenvalue weighted by atomic mass is 9.98. The molecule has 3 rings (SSSR count). The van der Waals surface area contributed by atoms with E-state index in [0.717, 1.165) is 13.1 Å². The minimum Gasteiger partial charge on any atom is -0.376 e. The van der Waals surface area contributed by atoms with Crippen molar-refractivity contribution in [3.8, 4) is 0 Å². The van der Waals surface area contributed by atoms with E-state index < -0.39 is 4.92 Å². The fourth-order valence-electron chi connectivity index (χ4n) is 3.78. The zero-order valence-electron chi connectivity index (χ0n) is 16.5. The van der Waals surface area contributed by atoms with E-state index in [1.54, 1.807) is 12.1 Å². The summed E-state index contributed by atoms with van der Waals surface area (Å²) in [4.78, 5) is 24.3. The molecule has 2 aromatic carbocycles. The SMILES string of the molecule is C[C@H](NC(=O)CNc1cccc([N+](=O)[O-])c1)[C@H](c1ccccc1)[NH+]1CCOCC1. The van der Waals surface area contributed by atoms with Crippen LogP contribution in [0.3, 0.4) is 0 Å². The first-order chi connectivity index (χ1) is 14.0. The summed E-state index contributed by atoms with van der Waals surface area (Å²) in [5.74, 6) is -0.155. The van der Waals surface area contributed by atoms with Crippen LogP contribution in [0.15, 0.2) is 54.6 Å². The number of carbonyl (C=O) groups excluding carboxylic acids is 1. The Kier molecular flexibility index (Phi) is 7.15. The quantitative estimate of drug-likeness (QED) is 0.457. The largest absolute Gasteiger partial charge is 0.376 e. The number of carbonyl (C=O) groups is 1. The molecule has 2 aromatic rings. The highest BCUT2D eigenvalue weighted by Gasteiger charge is 2.32. The molecule has 2 atom stereocenters. The van der Waals surface area contributed by atoms with Crippen LogP contribution in [0.2, 0.25) is 0 Å². The Morgan fingerprint density at radius 2 is 1.90 bits per heavy atom. The molecule has 0 unspecified atom stereocenters. The lowest BCUT2D eigenvalue weighted by molar-refractivity contribution is -0.940. The number of nitrogens with zero attached hydrogens (tertiary/aromatic N) is 1. The molecule has 154 valence electrons. The fraction of sp³-hybridized carbons (Fsp3) is 0.381. The minimum absolute atomic E-state index is 0.0103. The van der Waals surface area contributed by atoms with Gasteiger partial charge in [-0.25, -0.2) is 0 Å². The van der Waals surface area contributed by atoms with Crippen molar-refractivity contribution in [1.82, 2.24) is 5.32 Å². The van der Waals surface area contributed by atoms with Crippen LogP contribution in [-0.4, -0.2) is 49.7 Å². The number of non-ortho nitro benzene ring substituents is 1. The highest BCUT2D eigenvalue weighted by molar-refractivity contribution is 5.81.